The molecule has 2 atom stereocenters. The van der Waals surface area contributed by atoms with Crippen LogP contribution < -0.4 is 0 Å². The molecule has 0 spiro atoms. The number of rotatable bonds is 2. The topological polar surface area (TPSA) is 57.8 Å². The number of carbonyl (C=O) groups excluding carboxylic acids is 1. The molecule has 1 saturated heterocycles. The highest BCUT2D eigenvalue weighted by Crippen LogP contribution is 2.34. The predicted octanol–water partition coefficient (Wildman–Crippen LogP) is 2.56. The Hall–Kier alpha value is -2.80. The summed E-state index contributed by atoms with van der Waals surface area (Å²) in [6.07, 6.45) is 4.60. The van der Waals surface area contributed by atoms with Gasteiger partial charge in [-0.25, -0.2) is 13.8 Å². The molecule has 1 aliphatic heterocycles. The summed E-state index contributed by atoms with van der Waals surface area (Å²) in [4.78, 5) is 18.5. The van der Waals surface area contributed by atoms with Gasteiger partial charge in [0.05, 0.1) is 17.7 Å². The SMILES string of the molecule is O=C(c1ccc2nccn2c1)N1CC(O)CC1c1ccc(F)c(F)c1. The van der Waals surface area contributed by atoms with E-state index in [1.165, 1.54) is 11.0 Å². The fourth-order valence-corrected chi connectivity index (χ4v) is 3.29. The first-order valence-corrected chi connectivity index (χ1v) is 7.89. The minimum atomic E-state index is -0.967. The van der Waals surface area contributed by atoms with Gasteiger partial charge >= 0.3 is 0 Å². The van der Waals surface area contributed by atoms with E-state index in [9.17, 15) is 18.7 Å². The number of amides is 1. The van der Waals surface area contributed by atoms with Gasteiger partial charge < -0.3 is 14.4 Å². The molecule has 1 N–H and O–H groups in total. The third-order valence-corrected chi connectivity index (χ3v) is 4.50. The van der Waals surface area contributed by atoms with Crippen LogP contribution in [0.4, 0.5) is 8.78 Å². The van der Waals surface area contributed by atoms with E-state index < -0.39 is 23.8 Å². The highest BCUT2D eigenvalue weighted by atomic mass is 19.2. The molecule has 4 rings (SSSR count). The maximum absolute atomic E-state index is 13.6. The average Bonchev–Trinajstić information content (AvgIpc) is 3.22. The summed E-state index contributed by atoms with van der Waals surface area (Å²) in [5, 5.41) is 10.0. The van der Waals surface area contributed by atoms with Gasteiger partial charge in [0, 0.05) is 25.1 Å². The Labute approximate surface area is 142 Å². The van der Waals surface area contributed by atoms with E-state index in [-0.39, 0.29) is 18.9 Å². The molecule has 5 nitrogen and oxygen atoms in total. The van der Waals surface area contributed by atoms with Crippen LogP contribution in [0.15, 0.2) is 48.9 Å². The van der Waals surface area contributed by atoms with Crippen LogP contribution >= 0.6 is 0 Å². The zero-order valence-corrected chi connectivity index (χ0v) is 13.1. The largest absolute Gasteiger partial charge is 0.391 e. The maximum Gasteiger partial charge on any atom is 0.255 e. The van der Waals surface area contributed by atoms with Crippen LogP contribution in [0.3, 0.4) is 0 Å². The second kappa shape index (κ2) is 5.93. The van der Waals surface area contributed by atoms with Crippen LogP contribution in [0.1, 0.15) is 28.4 Å². The van der Waals surface area contributed by atoms with Crippen molar-refractivity contribution in [1.82, 2.24) is 14.3 Å². The Morgan fingerprint density at radius 2 is 2.04 bits per heavy atom. The van der Waals surface area contributed by atoms with Gasteiger partial charge in [-0.1, -0.05) is 6.07 Å². The Bertz CT molecular complexity index is 956. The molecule has 7 heteroatoms. The third-order valence-electron chi connectivity index (χ3n) is 4.50. The first-order chi connectivity index (χ1) is 12.0. The van der Waals surface area contributed by atoms with Gasteiger partial charge in [0.15, 0.2) is 11.6 Å². The van der Waals surface area contributed by atoms with Gasteiger partial charge in [-0.3, -0.25) is 4.79 Å². The van der Waals surface area contributed by atoms with E-state index >= 15 is 0 Å². The number of likely N-dealkylation sites (tertiary alicyclic amines) is 1. The fraction of sp³-hybridized carbons (Fsp3) is 0.222. The number of halogens is 2. The molecular formula is C18H15F2N3O2. The van der Waals surface area contributed by atoms with Crippen molar-refractivity contribution in [3.63, 3.8) is 0 Å². The van der Waals surface area contributed by atoms with E-state index in [0.29, 0.717) is 11.1 Å². The molecule has 25 heavy (non-hydrogen) atoms. The van der Waals surface area contributed by atoms with Crippen LogP contribution in [0.2, 0.25) is 0 Å². The van der Waals surface area contributed by atoms with Gasteiger partial charge in [-0.05, 0) is 36.2 Å². The number of aromatic nitrogens is 2. The normalized spacial score (nSPS) is 20.4. The standard InChI is InChI=1S/C18H15F2N3O2/c19-14-3-1-11(7-15(14)20)16-8-13(24)10-23(16)18(25)12-2-4-17-21-5-6-22(17)9-12/h1-7,9,13,16,24H,8,10H2. The van der Waals surface area contributed by atoms with E-state index in [2.05, 4.69) is 4.98 Å². The first-order valence-electron chi connectivity index (χ1n) is 7.89. The molecule has 0 aliphatic carbocycles. The van der Waals surface area contributed by atoms with Crippen LogP contribution in [0.5, 0.6) is 0 Å². The van der Waals surface area contributed by atoms with Gasteiger partial charge in [0.2, 0.25) is 0 Å². The van der Waals surface area contributed by atoms with Gasteiger partial charge in [0.25, 0.3) is 5.91 Å². The summed E-state index contributed by atoms with van der Waals surface area (Å²) in [5.74, 6) is -2.18. The zero-order chi connectivity index (χ0) is 17.6. The molecule has 2 unspecified atom stereocenters. The van der Waals surface area contributed by atoms with Crippen LogP contribution in [-0.4, -0.2) is 37.9 Å². The number of β-amino-alcohol motifs (C(OH)–C–C–N with tert-alkyl or cyclic N) is 1. The molecule has 0 bridgehead atoms. The molecule has 1 amide bonds. The maximum atomic E-state index is 13.6. The number of aliphatic hydroxyl groups excluding tert-OH is 1. The predicted molar refractivity (Wildman–Crippen MR) is 86.0 cm³/mol. The fourth-order valence-electron chi connectivity index (χ4n) is 3.29. The number of nitrogens with zero attached hydrogens (tertiary/aromatic N) is 3. The third kappa shape index (κ3) is 2.76. The van der Waals surface area contributed by atoms with Crippen LogP contribution in [-0.2, 0) is 0 Å². The van der Waals surface area contributed by atoms with Crippen molar-refractivity contribution in [2.45, 2.75) is 18.6 Å². The lowest BCUT2D eigenvalue weighted by Crippen LogP contribution is -2.32. The van der Waals surface area contributed by atoms with Crippen molar-refractivity contribution in [2.24, 2.45) is 0 Å². The molecule has 2 aromatic heterocycles. The van der Waals surface area contributed by atoms with E-state index in [1.807, 2.05) is 0 Å². The van der Waals surface area contributed by atoms with Gasteiger partial charge in [-0.2, -0.15) is 0 Å². The summed E-state index contributed by atoms with van der Waals surface area (Å²) in [7, 11) is 0. The number of fused-ring (bicyclic) bond motifs is 1. The molecule has 0 saturated carbocycles. The van der Waals surface area contributed by atoms with E-state index in [0.717, 1.165) is 17.8 Å². The van der Waals surface area contributed by atoms with Crippen molar-refractivity contribution in [1.29, 1.82) is 0 Å². The van der Waals surface area contributed by atoms with Gasteiger partial charge in [0.1, 0.15) is 5.65 Å². The number of hydrogen-bond donors (Lipinski definition) is 1. The highest BCUT2D eigenvalue weighted by Gasteiger charge is 2.36. The van der Waals surface area contributed by atoms with E-state index in [4.69, 9.17) is 0 Å². The molecule has 1 aromatic carbocycles. The summed E-state index contributed by atoms with van der Waals surface area (Å²) in [6.45, 7) is 0.143. The second-order valence-corrected chi connectivity index (χ2v) is 6.15. The Morgan fingerprint density at radius 1 is 1.20 bits per heavy atom. The average molecular weight is 343 g/mol. The lowest BCUT2D eigenvalue weighted by molar-refractivity contribution is 0.0715. The Kier molecular flexibility index (Phi) is 3.73. The zero-order valence-electron chi connectivity index (χ0n) is 13.1. The number of pyridine rings is 1. The minimum absolute atomic E-state index is 0.143. The molecular weight excluding hydrogens is 328 g/mol. The second-order valence-electron chi connectivity index (χ2n) is 6.15. The summed E-state index contributed by atoms with van der Waals surface area (Å²) < 4.78 is 28.5. The number of carbonyl (C=O) groups is 1. The minimum Gasteiger partial charge on any atom is -0.391 e. The number of aliphatic hydroxyl groups is 1. The van der Waals surface area contributed by atoms with Crippen molar-refractivity contribution < 1.29 is 18.7 Å². The lowest BCUT2D eigenvalue weighted by Gasteiger charge is -2.25. The van der Waals surface area contributed by atoms with Crippen molar-refractivity contribution in [3.8, 4) is 0 Å². The van der Waals surface area contributed by atoms with Gasteiger partial charge in [-0.15, -0.1) is 0 Å². The molecule has 1 aliphatic rings. The Balaban J connectivity index is 1.68. The smallest absolute Gasteiger partial charge is 0.255 e. The monoisotopic (exact) mass is 343 g/mol. The summed E-state index contributed by atoms with van der Waals surface area (Å²) >= 11 is 0. The number of imidazole rings is 1. The van der Waals surface area contributed by atoms with E-state index in [1.54, 1.807) is 35.1 Å². The lowest BCUT2D eigenvalue weighted by atomic mass is 10.0. The number of benzene rings is 1. The van der Waals surface area contributed by atoms with Crippen LogP contribution in [0.25, 0.3) is 5.65 Å². The Morgan fingerprint density at radius 3 is 2.84 bits per heavy atom. The number of hydrogen-bond acceptors (Lipinski definition) is 3. The molecule has 1 fully saturated rings. The van der Waals surface area contributed by atoms with Crippen molar-refractivity contribution in [3.05, 3.63) is 71.7 Å². The molecule has 3 heterocycles. The van der Waals surface area contributed by atoms with Crippen molar-refractivity contribution in [2.75, 3.05) is 6.54 Å². The summed E-state index contributed by atoms with van der Waals surface area (Å²) in [5.41, 5.74) is 1.62. The van der Waals surface area contributed by atoms with Crippen LogP contribution in [0, 0.1) is 11.6 Å². The highest BCUT2D eigenvalue weighted by molar-refractivity contribution is 5.94. The molecule has 0 radical (unpaired) electrons. The molecule has 3 aromatic rings. The first kappa shape index (κ1) is 15.7. The quantitative estimate of drug-likeness (QED) is 0.778. The summed E-state index contributed by atoms with van der Waals surface area (Å²) in [6, 6.07) is 6.45. The van der Waals surface area contributed by atoms with Crippen molar-refractivity contribution >= 4 is 11.6 Å². The molecule has 128 valence electrons.